The number of carbonyl (C=O) groups excluding carboxylic acids is 1. The lowest BCUT2D eigenvalue weighted by Crippen LogP contribution is -2.59. The predicted molar refractivity (Wildman–Crippen MR) is 105 cm³/mol. The van der Waals surface area contributed by atoms with Crippen molar-refractivity contribution in [2.24, 2.45) is 40.4 Å². The maximum absolute atomic E-state index is 14.6. The van der Waals surface area contributed by atoms with Crippen LogP contribution in [0.15, 0.2) is 0 Å². The molecule has 4 saturated carbocycles. The molecule has 0 amide bonds. The molecule has 27 heavy (non-hydrogen) atoms. The fourth-order valence-electron chi connectivity index (χ4n) is 8.19. The number of halogens is 3. The molecule has 0 spiro atoms. The van der Waals surface area contributed by atoms with Crippen LogP contribution in [0, 0.1) is 40.4 Å². The quantitative estimate of drug-likeness (QED) is 0.572. The largest absolute Gasteiger partial charge is 0.390 e. The predicted octanol–water partition coefficient (Wildman–Crippen LogP) is 5.61. The van der Waals surface area contributed by atoms with Crippen molar-refractivity contribution in [3.8, 4) is 0 Å². The number of alkyl halides is 3. The number of hydrogen-bond donors (Lipinski definition) is 1. The van der Waals surface area contributed by atoms with E-state index < -0.39 is 17.4 Å². The Morgan fingerprint density at radius 1 is 1.07 bits per heavy atom. The maximum Gasteiger partial charge on any atom is 0.244 e. The number of ketones is 1. The zero-order chi connectivity index (χ0) is 19.6. The lowest BCUT2D eigenvalue weighted by molar-refractivity contribution is -0.207. The standard InChI is InChI=1S/C22H33BrF2O2/c1-20(27)9-10-22(19(24)25)13(11-20)3-4-14-15-5-6-17(18(26)12-23)21(15,2)8-7-16(14)22/h13-17,19,27H,3-12H2,1-2H3/t13?,14-,15-,16-,17+,20+,21-,22+/m0/s1. The van der Waals surface area contributed by atoms with Crippen molar-refractivity contribution in [2.45, 2.75) is 83.7 Å². The molecule has 0 heterocycles. The Bertz CT molecular complexity index is 609. The summed E-state index contributed by atoms with van der Waals surface area (Å²) in [6.07, 6.45) is 4.63. The van der Waals surface area contributed by atoms with Crippen molar-refractivity contribution in [2.75, 3.05) is 5.33 Å². The van der Waals surface area contributed by atoms with E-state index in [2.05, 4.69) is 22.9 Å². The molecule has 0 radical (unpaired) electrons. The fourth-order valence-corrected chi connectivity index (χ4v) is 8.58. The van der Waals surface area contributed by atoms with Gasteiger partial charge in [-0.1, -0.05) is 22.9 Å². The first-order valence-electron chi connectivity index (χ1n) is 10.7. The lowest BCUT2D eigenvalue weighted by atomic mass is 9.43. The second kappa shape index (κ2) is 6.75. The lowest BCUT2D eigenvalue weighted by Gasteiger charge is -2.62. The van der Waals surface area contributed by atoms with E-state index >= 15 is 0 Å². The molecule has 8 atom stereocenters. The van der Waals surface area contributed by atoms with Crippen LogP contribution in [-0.2, 0) is 4.79 Å². The fraction of sp³-hybridized carbons (Fsp3) is 0.955. The third-order valence-corrected chi connectivity index (χ3v) is 10.00. The van der Waals surface area contributed by atoms with Crippen LogP contribution in [0.4, 0.5) is 8.78 Å². The van der Waals surface area contributed by atoms with Gasteiger partial charge in [-0.25, -0.2) is 8.78 Å². The minimum atomic E-state index is -2.31. The van der Waals surface area contributed by atoms with E-state index in [-0.39, 0.29) is 23.2 Å². The van der Waals surface area contributed by atoms with Crippen LogP contribution in [0.2, 0.25) is 0 Å². The molecule has 154 valence electrons. The van der Waals surface area contributed by atoms with Crippen LogP contribution in [-0.4, -0.2) is 28.2 Å². The first-order valence-corrected chi connectivity index (χ1v) is 11.9. The number of rotatable bonds is 3. The van der Waals surface area contributed by atoms with Gasteiger partial charge in [0, 0.05) is 11.3 Å². The van der Waals surface area contributed by atoms with Crippen LogP contribution in [0.25, 0.3) is 0 Å². The Morgan fingerprint density at radius 2 is 1.81 bits per heavy atom. The minimum Gasteiger partial charge on any atom is -0.390 e. The summed E-state index contributed by atoms with van der Waals surface area (Å²) in [6, 6.07) is 0. The van der Waals surface area contributed by atoms with Crippen molar-refractivity contribution < 1.29 is 18.7 Å². The van der Waals surface area contributed by atoms with Gasteiger partial charge in [0.15, 0.2) is 0 Å². The molecule has 0 saturated heterocycles. The molecule has 0 aromatic rings. The second-order valence-electron chi connectivity index (χ2n) is 10.5. The summed E-state index contributed by atoms with van der Waals surface area (Å²) in [5.74, 6) is 1.12. The number of carbonyl (C=O) groups is 1. The Hall–Kier alpha value is -0.0300. The molecule has 0 bridgehead atoms. The van der Waals surface area contributed by atoms with Crippen molar-refractivity contribution in [1.82, 2.24) is 0 Å². The zero-order valence-electron chi connectivity index (χ0n) is 16.5. The molecular formula is C22H33BrF2O2. The minimum absolute atomic E-state index is 0.0116. The molecule has 0 aromatic heterocycles. The number of hydrogen-bond acceptors (Lipinski definition) is 2. The van der Waals surface area contributed by atoms with Gasteiger partial charge < -0.3 is 5.11 Å². The molecule has 4 aliphatic carbocycles. The van der Waals surface area contributed by atoms with Crippen LogP contribution < -0.4 is 0 Å². The Balaban J connectivity index is 1.65. The number of fused-ring (bicyclic) bond motifs is 5. The Labute approximate surface area is 170 Å². The van der Waals surface area contributed by atoms with Gasteiger partial charge in [0.2, 0.25) is 6.43 Å². The average molecular weight is 447 g/mol. The van der Waals surface area contributed by atoms with Gasteiger partial charge in [-0.2, -0.15) is 0 Å². The normalized spacial score (nSPS) is 52.2. The van der Waals surface area contributed by atoms with E-state index in [1.165, 1.54) is 0 Å². The highest BCUT2D eigenvalue weighted by atomic mass is 79.9. The summed E-state index contributed by atoms with van der Waals surface area (Å²) < 4.78 is 29.3. The third kappa shape index (κ3) is 2.88. The highest BCUT2D eigenvalue weighted by molar-refractivity contribution is 9.09. The summed E-state index contributed by atoms with van der Waals surface area (Å²) in [5.41, 5.74) is -1.72. The average Bonchev–Trinajstić information content (AvgIpc) is 2.97. The van der Waals surface area contributed by atoms with Crippen LogP contribution >= 0.6 is 15.9 Å². The molecule has 2 nitrogen and oxygen atoms in total. The first kappa shape index (κ1) is 20.3. The molecule has 4 aliphatic rings. The van der Waals surface area contributed by atoms with Gasteiger partial charge >= 0.3 is 0 Å². The molecule has 1 unspecified atom stereocenters. The monoisotopic (exact) mass is 446 g/mol. The molecule has 0 aromatic carbocycles. The van der Waals surface area contributed by atoms with E-state index in [4.69, 9.17) is 0 Å². The summed E-state index contributed by atoms with van der Waals surface area (Å²) >= 11 is 3.35. The van der Waals surface area contributed by atoms with Gasteiger partial charge in [-0.15, -0.1) is 0 Å². The second-order valence-corrected chi connectivity index (χ2v) is 11.1. The molecule has 1 N–H and O–H groups in total. The van der Waals surface area contributed by atoms with E-state index in [0.29, 0.717) is 42.2 Å². The van der Waals surface area contributed by atoms with Gasteiger partial charge in [-0.05, 0) is 93.8 Å². The van der Waals surface area contributed by atoms with Gasteiger partial charge in [0.05, 0.1) is 10.9 Å². The number of aliphatic hydroxyl groups is 1. The van der Waals surface area contributed by atoms with Crippen LogP contribution in [0.5, 0.6) is 0 Å². The highest BCUT2D eigenvalue weighted by Gasteiger charge is 2.65. The van der Waals surface area contributed by atoms with Gasteiger partial charge in [-0.3, -0.25) is 4.79 Å². The smallest absolute Gasteiger partial charge is 0.244 e. The summed E-state index contributed by atoms with van der Waals surface area (Å²) in [5, 5.41) is 10.9. The summed E-state index contributed by atoms with van der Waals surface area (Å²) in [4.78, 5) is 12.5. The van der Waals surface area contributed by atoms with Crippen molar-refractivity contribution in [3.63, 3.8) is 0 Å². The highest BCUT2D eigenvalue weighted by Crippen LogP contribution is 2.69. The van der Waals surface area contributed by atoms with Crippen molar-refractivity contribution >= 4 is 21.7 Å². The van der Waals surface area contributed by atoms with Crippen molar-refractivity contribution in [3.05, 3.63) is 0 Å². The van der Waals surface area contributed by atoms with Crippen molar-refractivity contribution in [1.29, 1.82) is 0 Å². The van der Waals surface area contributed by atoms with Crippen LogP contribution in [0.1, 0.15) is 71.6 Å². The van der Waals surface area contributed by atoms with E-state index in [1.54, 1.807) is 0 Å². The summed E-state index contributed by atoms with van der Waals surface area (Å²) in [7, 11) is 0. The van der Waals surface area contributed by atoms with Crippen LogP contribution in [0.3, 0.4) is 0 Å². The summed E-state index contributed by atoms with van der Waals surface area (Å²) in [6.45, 7) is 4.08. The Morgan fingerprint density at radius 3 is 2.48 bits per heavy atom. The van der Waals surface area contributed by atoms with Gasteiger partial charge in [0.25, 0.3) is 0 Å². The zero-order valence-corrected chi connectivity index (χ0v) is 18.1. The molecule has 5 heteroatoms. The Kier molecular flexibility index (Phi) is 5.06. The third-order valence-electron chi connectivity index (χ3n) is 9.45. The molecule has 4 fully saturated rings. The van der Waals surface area contributed by atoms with E-state index in [0.717, 1.165) is 38.5 Å². The molecule has 4 rings (SSSR count). The molecular weight excluding hydrogens is 414 g/mol. The maximum atomic E-state index is 14.6. The number of Topliss-reactive ketones (excluding diaryl/α,β-unsaturated/α-hetero) is 1. The first-order chi connectivity index (χ1) is 12.7. The SMILES string of the molecule is C[C@@]1(O)CC[C@@]2(C(F)F)C(CC[C@@H]3[C@@H]2CC[C@]2(C)[C@@H](C(=O)CBr)CC[C@@H]32)C1. The van der Waals surface area contributed by atoms with E-state index in [9.17, 15) is 18.7 Å². The molecule has 0 aliphatic heterocycles. The van der Waals surface area contributed by atoms with E-state index in [1.807, 2.05) is 6.92 Å². The topological polar surface area (TPSA) is 37.3 Å². The van der Waals surface area contributed by atoms with Gasteiger partial charge in [0.1, 0.15) is 5.78 Å².